The van der Waals surface area contributed by atoms with Crippen molar-refractivity contribution in [2.24, 2.45) is 0 Å². The van der Waals surface area contributed by atoms with Crippen LogP contribution in [0.25, 0.3) is 11.3 Å². The molecule has 0 radical (unpaired) electrons. The molecule has 1 amide bonds. The summed E-state index contributed by atoms with van der Waals surface area (Å²) in [7, 11) is 0. The summed E-state index contributed by atoms with van der Waals surface area (Å²) in [6.45, 7) is 4.27. The average molecular weight is 327 g/mol. The first-order valence-corrected chi connectivity index (χ1v) is 9.14. The molecule has 0 saturated carbocycles. The Morgan fingerprint density at radius 3 is 2.58 bits per heavy atom. The van der Waals surface area contributed by atoms with E-state index in [1.165, 1.54) is 19.3 Å². The normalized spacial score (nSPS) is 12.1. The van der Waals surface area contributed by atoms with Crippen LogP contribution in [-0.2, 0) is 4.79 Å². The second kappa shape index (κ2) is 9.91. The Bertz CT molecular complexity index is 606. The molecule has 1 aromatic carbocycles. The standard InChI is InChI=1S/C20H29N3O/c1-3-5-6-7-11-14-19(24)22-17(4-2)20-21-15-18(23-20)16-12-9-8-10-13-16/h8-10,12-13,15,17H,3-7,11,14H2,1-2H3,(H,21,23)(H,22,24). The Morgan fingerprint density at radius 1 is 1.12 bits per heavy atom. The van der Waals surface area contributed by atoms with Crippen LogP contribution in [-0.4, -0.2) is 15.9 Å². The molecule has 0 aliphatic carbocycles. The lowest BCUT2D eigenvalue weighted by Crippen LogP contribution is -2.28. The number of hydrogen-bond donors (Lipinski definition) is 2. The molecule has 1 unspecified atom stereocenters. The molecule has 0 bridgehead atoms. The van der Waals surface area contributed by atoms with Crippen molar-refractivity contribution >= 4 is 5.91 Å². The fourth-order valence-corrected chi connectivity index (χ4v) is 2.80. The molecular formula is C20H29N3O. The van der Waals surface area contributed by atoms with E-state index in [0.717, 1.165) is 36.3 Å². The number of amides is 1. The lowest BCUT2D eigenvalue weighted by atomic mass is 10.1. The first kappa shape index (κ1) is 18.2. The molecule has 0 aliphatic heterocycles. The van der Waals surface area contributed by atoms with Gasteiger partial charge in [0.1, 0.15) is 5.82 Å². The van der Waals surface area contributed by atoms with Gasteiger partial charge in [-0.15, -0.1) is 0 Å². The molecule has 1 aromatic heterocycles. The van der Waals surface area contributed by atoms with Crippen molar-refractivity contribution in [3.8, 4) is 11.3 Å². The number of nitrogens with one attached hydrogen (secondary N) is 2. The van der Waals surface area contributed by atoms with E-state index in [1.54, 1.807) is 0 Å². The van der Waals surface area contributed by atoms with Crippen LogP contribution in [0.1, 0.15) is 70.7 Å². The molecule has 2 N–H and O–H groups in total. The number of hydrogen-bond acceptors (Lipinski definition) is 2. The number of rotatable bonds is 10. The second-order valence-electron chi connectivity index (χ2n) is 6.24. The van der Waals surface area contributed by atoms with E-state index in [2.05, 4.69) is 29.1 Å². The minimum atomic E-state index is -0.0504. The zero-order valence-corrected chi connectivity index (χ0v) is 14.8. The lowest BCUT2D eigenvalue weighted by Gasteiger charge is -2.14. The smallest absolute Gasteiger partial charge is 0.220 e. The van der Waals surface area contributed by atoms with Gasteiger partial charge in [0.05, 0.1) is 17.9 Å². The second-order valence-corrected chi connectivity index (χ2v) is 6.24. The minimum absolute atomic E-state index is 0.0504. The molecule has 1 heterocycles. The first-order chi connectivity index (χ1) is 11.7. The Balaban J connectivity index is 1.87. The SMILES string of the molecule is CCCCCCCC(=O)NC(CC)c1ncc(-c2ccccc2)[nH]1. The summed E-state index contributed by atoms with van der Waals surface area (Å²) in [5.74, 6) is 0.951. The van der Waals surface area contributed by atoms with Crippen molar-refractivity contribution in [2.75, 3.05) is 0 Å². The maximum absolute atomic E-state index is 12.1. The van der Waals surface area contributed by atoms with E-state index in [1.807, 2.05) is 36.5 Å². The summed E-state index contributed by atoms with van der Waals surface area (Å²) in [6, 6.07) is 10.1. The van der Waals surface area contributed by atoms with Crippen LogP contribution < -0.4 is 5.32 Å². The molecular weight excluding hydrogens is 298 g/mol. The van der Waals surface area contributed by atoms with Crippen molar-refractivity contribution in [1.29, 1.82) is 0 Å². The van der Waals surface area contributed by atoms with Gasteiger partial charge in [-0.3, -0.25) is 4.79 Å². The molecule has 130 valence electrons. The molecule has 1 atom stereocenters. The molecule has 2 aromatic rings. The van der Waals surface area contributed by atoms with E-state index in [9.17, 15) is 4.79 Å². The van der Waals surface area contributed by atoms with E-state index in [0.29, 0.717) is 6.42 Å². The van der Waals surface area contributed by atoms with Gasteiger partial charge in [0.15, 0.2) is 0 Å². The number of aromatic amines is 1. The quantitative estimate of drug-likeness (QED) is 0.603. The third-order valence-corrected chi connectivity index (χ3v) is 4.26. The maximum Gasteiger partial charge on any atom is 0.220 e. The molecule has 0 saturated heterocycles. The summed E-state index contributed by atoms with van der Waals surface area (Å²) < 4.78 is 0. The summed E-state index contributed by atoms with van der Waals surface area (Å²) >= 11 is 0. The number of aromatic nitrogens is 2. The van der Waals surface area contributed by atoms with Gasteiger partial charge in [0.25, 0.3) is 0 Å². The highest BCUT2D eigenvalue weighted by Gasteiger charge is 2.16. The van der Waals surface area contributed by atoms with Crippen molar-refractivity contribution in [2.45, 2.75) is 64.8 Å². The maximum atomic E-state index is 12.1. The van der Waals surface area contributed by atoms with Gasteiger partial charge in [-0.1, -0.05) is 69.9 Å². The predicted molar refractivity (Wildman–Crippen MR) is 98.6 cm³/mol. The van der Waals surface area contributed by atoms with Crippen molar-refractivity contribution < 1.29 is 4.79 Å². The topological polar surface area (TPSA) is 57.8 Å². The third-order valence-electron chi connectivity index (χ3n) is 4.26. The first-order valence-electron chi connectivity index (χ1n) is 9.14. The Kier molecular flexibility index (Phi) is 7.53. The Morgan fingerprint density at radius 2 is 1.88 bits per heavy atom. The predicted octanol–water partition coefficient (Wildman–Crippen LogP) is 5.00. The number of unbranched alkanes of at least 4 members (excludes halogenated alkanes) is 4. The van der Waals surface area contributed by atoms with Crippen LogP contribution >= 0.6 is 0 Å². The molecule has 0 fully saturated rings. The van der Waals surface area contributed by atoms with Crippen LogP contribution in [0.5, 0.6) is 0 Å². The van der Waals surface area contributed by atoms with Crippen LogP contribution in [0.4, 0.5) is 0 Å². The van der Waals surface area contributed by atoms with E-state index in [-0.39, 0.29) is 11.9 Å². The van der Waals surface area contributed by atoms with Crippen molar-refractivity contribution in [1.82, 2.24) is 15.3 Å². The molecule has 2 rings (SSSR count). The molecule has 24 heavy (non-hydrogen) atoms. The Labute approximate surface area is 145 Å². The van der Waals surface area contributed by atoms with Crippen LogP contribution in [0, 0.1) is 0 Å². The van der Waals surface area contributed by atoms with E-state index < -0.39 is 0 Å². The number of H-pyrrole nitrogens is 1. The average Bonchev–Trinajstić information content (AvgIpc) is 3.10. The number of carbonyl (C=O) groups excluding carboxylic acids is 1. The zero-order chi connectivity index (χ0) is 17.2. The summed E-state index contributed by atoms with van der Waals surface area (Å²) in [4.78, 5) is 20.0. The monoisotopic (exact) mass is 327 g/mol. The number of nitrogens with zero attached hydrogens (tertiary/aromatic N) is 1. The summed E-state index contributed by atoms with van der Waals surface area (Å²) in [5, 5.41) is 3.11. The largest absolute Gasteiger partial charge is 0.346 e. The molecule has 0 aliphatic rings. The van der Waals surface area contributed by atoms with Gasteiger partial charge in [0.2, 0.25) is 5.91 Å². The third kappa shape index (κ3) is 5.52. The highest BCUT2D eigenvalue weighted by atomic mass is 16.1. The fourth-order valence-electron chi connectivity index (χ4n) is 2.80. The number of carbonyl (C=O) groups is 1. The van der Waals surface area contributed by atoms with Crippen molar-refractivity contribution in [3.05, 3.63) is 42.4 Å². The van der Waals surface area contributed by atoms with Gasteiger partial charge in [-0.2, -0.15) is 0 Å². The highest BCUT2D eigenvalue weighted by molar-refractivity contribution is 5.76. The Hall–Kier alpha value is -2.10. The van der Waals surface area contributed by atoms with Crippen LogP contribution in [0.3, 0.4) is 0 Å². The molecule has 4 nitrogen and oxygen atoms in total. The number of imidazole rings is 1. The lowest BCUT2D eigenvalue weighted by molar-refractivity contribution is -0.122. The fraction of sp³-hybridized carbons (Fsp3) is 0.500. The molecule has 0 spiro atoms. The summed E-state index contributed by atoms with van der Waals surface area (Å²) in [6.07, 6.45) is 9.08. The summed E-state index contributed by atoms with van der Waals surface area (Å²) in [5.41, 5.74) is 2.09. The van der Waals surface area contributed by atoms with Crippen LogP contribution in [0.15, 0.2) is 36.5 Å². The van der Waals surface area contributed by atoms with Crippen LogP contribution in [0.2, 0.25) is 0 Å². The molecule has 4 heteroatoms. The van der Waals surface area contributed by atoms with Gasteiger partial charge in [0, 0.05) is 6.42 Å². The van der Waals surface area contributed by atoms with Gasteiger partial charge < -0.3 is 10.3 Å². The van der Waals surface area contributed by atoms with Gasteiger partial charge in [-0.05, 0) is 18.4 Å². The van der Waals surface area contributed by atoms with E-state index in [4.69, 9.17) is 0 Å². The van der Waals surface area contributed by atoms with Gasteiger partial charge in [-0.25, -0.2) is 4.98 Å². The van der Waals surface area contributed by atoms with Crippen molar-refractivity contribution in [3.63, 3.8) is 0 Å². The van der Waals surface area contributed by atoms with Gasteiger partial charge >= 0.3 is 0 Å². The zero-order valence-electron chi connectivity index (χ0n) is 14.8. The van der Waals surface area contributed by atoms with E-state index >= 15 is 0 Å². The number of benzene rings is 1. The minimum Gasteiger partial charge on any atom is -0.346 e. The highest BCUT2D eigenvalue weighted by Crippen LogP contribution is 2.20.